The molecule has 0 amide bonds. The zero-order chi connectivity index (χ0) is 13.3. The number of rotatable bonds is 3. The van der Waals surface area contributed by atoms with Gasteiger partial charge in [0.15, 0.2) is 0 Å². The number of benzene rings is 2. The van der Waals surface area contributed by atoms with Crippen molar-refractivity contribution in [2.24, 2.45) is 0 Å². The van der Waals surface area contributed by atoms with Gasteiger partial charge in [0.1, 0.15) is 5.54 Å². The number of fused-ring (bicyclic) bond motifs is 1. The molecule has 0 aliphatic carbocycles. The molecule has 2 aromatic rings. The Morgan fingerprint density at radius 2 is 2.00 bits per heavy atom. The standard InChI is InChI=1S/C16H17NO2/c18-15(19)16(8-3-9-17-16)11-12-6-7-13-4-1-2-5-14(13)10-12/h1-2,4-7,10,17H,3,8-9,11H2,(H,18,19)/t16-/m1/s1. The summed E-state index contributed by atoms with van der Waals surface area (Å²) in [4.78, 5) is 11.5. The summed E-state index contributed by atoms with van der Waals surface area (Å²) in [6, 6.07) is 14.3. The monoisotopic (exact) mass is 255 g/mol. The number of nitrogens with one attached hydrogen (secondary N) is 1. The summed E-state index contributed by atoms with van der Waals surface area (Å²) in [7, 11) is 0. The summed E-state index contributed by atoms with van der Waals surface area (Å²) in [6.07, 6.45) is 2.18. The first kappa shape index (κ1) is 12.2. The van der Waals surface area contributed by atoms with Crippen molar-refractivity contribution in [3.63, 3.8) is 0 Å². The molecule has 0 spiro atoms. The van der Waals surface area contributed by atoms with E-state index in [0.717, 1.165) is 18.5 Å². The van der Waals surface area contributed by atoms with Crippen LogP contribution >= 0.6 is 0 Å². The average Bonchev–Trinajstić information content (AvgIpc) is 2.88. The van der Waals surface area contributed by atoms with Crippen molar-refractivity contribution >= 4 is 16.7 Å². The predicted octanol–water partition coefficient (Wildman–Crippen LogP) is 2.59. The Labute approximate surface area is 112 Å². The molecule has 2 aromatic carbocycles. The van der Waals surface area contributed by atoms with Gasteiger partial charge in [-0.25, -0.2) is 0 Å². The van der Waals surface area contributed by atoms with Gasteiger partial charge in [0.05, 0.1) is 0 Å². The first-order valence-corrected chi connectivity index (χ1v) is 6.66. The van der Waals surface area contributed by atoms with Crippen LogP contribution in [0.2, 0.25) is 0 Å². The molecule has 1 aliphatic rings. The van der Waals surface area contributed by atoms with Gasteiger partial charge in [0, 0.05) is 6.42 Å². The molecule has 19 heavy (non-hydrogen) atoms. The summed E-state index contributed by atoms with van der Waals surface area (Å²) in [5, 5.41) is 15.0. The summed E-state index contributed by atoms with van der Waals surface area (Å²) in [6.45, 7) is 0.792. The van der Waals surface area contributed by atoms with Crippen molar-refractivity contribution in [3.05, 3.63) is 48.0 Å². The van der Waals surface area contributed by atoms with Gasteiger partial charge >= 0.3 is 5.97 Å². The van der Waals surface area contributed by atoms with Gasteiger partial charge in [-0.05, 0) is 35.7 Å². The van der Waals surface area contributed by atoms with Crippen LogP contribution < -0.4 is 5.32 Å². The van der Waals surface area contributed by atoms with E-state index in [2.05, 4.69) is 29.6 Å². The number of carbonyl (C=O) groups is 1. The Kier molecular flexibility index (Phi) is 2.99. The number of carboxylic acid groups (broad SMARTS) is 1. The third-order valence-corrected chi connectivity index (χ3v) is 3.97. The van der Waals surface area contributed by atoms with Gasteiger partial charge in [-0.2, -0.15) is 0 Å². The van der Waals surface area contributed by atoms with E-state index >= 15 is 0 Å². The van der Waals surface area contributed by atoms with Crippen LogP contribution in [0.15, 0.2) is 42.5 Å². The highest BCUT2D eigenvalue weighted by Gasteiger charge is 2.40. The van der Waals surface area contributed by atoms with Gasteiger partial charge in [-0.15, -0.1) is 0 Å². The fourth-order valence-electron chi connectivity index (χ4n) is 2.91. The lowest BCUT2D eigenvalue weighted by Crippen LogP contribution is -2.49. The van der Waals surface area contributed by atoms with E-state index in [1.54, 1.807) is 0 Å². The van der Waals surface area contributed by atoms with Crippen molar-refractivity contribution < 1.29 is 9.90 Å². The lowest BCUT2D eigenvalue weighted by molar-refractivity contribution is -0.144. The van der Waals surface area contributed by atoms with Gasteiger partial charge in [-0.3, -0.25) is 4.79 Å². The van der Waals surface area contributed by atoms with E-state index in [-0.39, 0.29) is 0 Å². The van der Waals surface area contributed by atoms with Gasteiger partial charge in [0.2, 0.25) is 0 Å². The van der Waals surface area contributed by atoms with Crippen LogP contribution in [-0.4, -0.2) is 23.2 Å². The molecule has 1 heterocycles. The number of aliphatic carboxylic acids is 1. The minimum atomic E-state index is -0.775. The quantitative estimate of drug-likeness (QED) is 0.886. The molecule has 1 saturated heterocycles. The molecule has 1 atom stereocenters. The molecule has 98 valence electrons. The van der Waals surface area contributed by atoms with Gasteiger partial charge in [0.25, 0.3) is 0 Å². The van der Waals surface area contributed by atoms with Crippen LogP contribution in [0.4, 0.5) is 0 Å². The van der Waals surface area contributed by atoms with E-state index in [0.29, 0.717) is 12.8 Å². The summed E-state index contributed by atoms with van der Waals surface area (Å²) in [5.74, 6) is -0.738. The minimum absolute atomic E-state index is 0.549. The van der Waals surface area contributed by atoms with Crippen LogP contribution in [0, 0.1) is 0 Å². The normalized spacial score (nSPS) is 22.7. The molecular formula is C16H17NO2. The smallest absolute Gasteiger partial charge is 0.324 e. The molecule has 1 fully saturated rings. The Hall–Kier alpha value is -1.87. The Morgan fingerprint density at radius 3 is 2.68 bits per heavy atom. The second-order valence-corrected chi connectivity index (χ2v) is 5.28. The summed E-state index contributed by atoms with van der Waals surface area (Å²) < 4.78 is 0. The molecular weight excluding hydrogens is 238 g/mol. The number of hydrogen-bond acceptors (Lipinski definition) is 2. The van der Waals surface area contributed by atoms with Crippen molar-refractivity contribution in [1.29, 1.82) is 0 Å². The van der Waals surface area contributed by atoms with E-state index < -0.39 is 11.5 Å². The molecule has 0 radical (unpaired) electrons. The maximum Gasteiger partial charge on any atom is 0.324 e. The van der Waals surface area contributed by atoms with Crippen molar-refractivity contribution in [1.82, 2.24) is 5.32 Å². The summed E-state index contributed by atoms with van der Waals surface area (Å²) >= 11 is 0. The lowest BCUT2D eigenvalue weighted by Gasteiger charge is -2.24. The highest BCUT2D eigenvalue weighted by atomic mass is 16.4. The zero-order valence-electron chi connectivity index (χ0n) is 10.7. The number of carboxylic acids is 1. The Balaban J connectivity index is 1.94. The first-order chi connectivity index (χ1) is 9.20. The van der Waals surface area contributed by atoms with E-state index in [1.165, 1.54) is 10.8 Å². The van der Waals surface area contributed by atoms with Crippen molar-refractivity contribution in [3.8, 4) is 0 Å². The molecule has 3 heteroatoms. The molecule has 2 N–H and O–H groups in total. The van der Waals surface area contributed by atoms with Crippen LogP contribution in [0.1, 0.15) is 18.4 Å². The topological polar surface area (TPSA) is 49.3 Å². The Morgan fingerprint density at radius 1 is 1.21 bits per heavy atom. The fraction of sp³-hybridized carbons (Fsp3) is 0.312. The molecule has 3 nitrogen and oxygen atoms in total. The van der Waals surface area contributed by atoms with Crippen molar-refractivity contribution in [2.75, 3.05) is 6.54 Å². The van der Waals surface area contributed by atoms with Crippen LogP contribution in [-0.2, 0) is 11.2 Å². The predicted molar refractivity (Wildman–Crippen MR) is 75.3 cm³/mol. The minimum Gasteiger partial charge on any atom is -0.480 e. The molecule has 0 bridgehead atoms. The van der Waals surface area contributed by atoms with E-state index in [9.17, 15) is 9.90 Å². The van der Waals surface area contributed by atoms with Crippen molar-refractivity contribution in [2.45, 2.75) is 24.8 Å². The van der Waals surface area contributed by atoms with Crippen LogP contribution in [0.25, 0.3) is 10.8 Å². The van der Waals surface area contributed by atoms with Gasteiger partial charge in [-0.1, -0.05) is 42.5 Å². The Bertz CT molecular complexity index is 615. The molecule has 1 aliphatic heterocycles. The maximum absolute atomic E-state index is 11.5. The third kappa shape index (κ3) is 2.22. The highest BCUT2D eigenvalue weighted by molar-refractivity contribution is 5.84. The van der Waals surface area contributed by atoms with Gasteiger partial charge < -0.3 is 10.4 Å². The second kappa shape index (κ2) is 4.67. The zero-order valence-corrected chi connectivity index (χ0v) is 10.7. The maximum atomic E-state index is 11.5. The third-order valence-electron chi connectivity index (χ3n) is 3.97. The van der Waals surface area contributed by atoms with Crippen LogP contribution in [0.5, 0.6) is 0 Å². The summed E-state index contributed by atoms with van der Waals surface area (Å²) in [5.41, 5.74) is 0.304. The SMILES string of the molecule is O=C(O)[C@]1(Cc2ccc3ccccc3c2)CCCN1. The second-order valence-electron chi connectivity index (χ2n) is 5.28. The largest absolute Gasteiger partial charge is 0.480 e. The average molecular weight is 255 g/mol. The molecule has 3 rings (SSSR count). The van der Waals surface area contributed by atoms with Crippen LogP contribution in [0.3, 0.4) is 0 Å². The van der Waals surface area contributed by atoms with E-state index in [4.69, 9.17) is 0 Å². The molecule has 0 unspecified atom stereocenters. The van der Waals surface area contributed by atoms with E-state index in [1.807, 2.05) is 18.2 Å². The highest BCUT2D eigenvalue weighted by Crippen LogP contribution is 2.26. The molecule has 0 saturated carbocycles. The lowest BCUT2D eigenvalue weighted by atomic mass is 9.88. The molecule has 0 aromatic heterocycles. The number of hydrogen-bond donors (Lipinski definition) is 2. The first-order valence-electron chi connectivity index (χ1n) is 6.66. The fourth-order valence-corrected chi connectivity index (χ4v) is 2.91.